The molecule has 1 saturated heterocycles. The van der Waals surface area contributed by atoms with E-state index in [1.54, 1.807) is 0 Å². The largest absolute Gasteiger partial charge is 0.334 e. The van der Waals surface area contributed by atoms with Gasteiger partial charge in [-0.25, -0.2) is 9.59 Å². The molecule has 0 atom stereocenters. The molecule has 2 fully saturated rings. The van der Waals surface area contributed by atoms with Crippen LogP contribution in [0.4, 0.5) is 9.59 Å². The highest BCUT2D eigenvalue weighted by Gasteiger charge is 2.52. The van der Waals surface area contributed by atoms with Gasteiger partial charge in [0, 0.05) is 6.54 Å². The molecule has 0 aromatic heterocycles. The lowest BCUT2D eigenvalue weighted by atomic mass is 9.75. The summed E-state index contributed by atoms with van der Waals surface area (Å²) >= 11 is 0. The number of imide groups is 2. The average Bonchev–Trinajstić information content (AvgIpc) is 2.92. The van der Waals surface area contributed by atoms with Gasteiger partial charge in [-0.15, -0.1) is 0 Å². The lowest BCUT2D eigenvalue weighted by molar-refractivity contribution is -0.135. The lowest BCUT2D eigenvalue weighted by Crippen LogP contribution is -2.50. The zero-order chi connectivity index (χ0) is 20.1. The number of nitrogens with one attached hydrogen (secondary N) is 3. The summed E-state index contributed by atoms with van der Waals surface area (Å²) in [6, 6.07) is 8.03. The summed E-state index contributed by atoms with van der Waals surface area (Å²) < 4.78 is 0. The highest BCUT2D eigenvalue weighted by Crippen LogP contribution is 2.37. The van der Waals surface area contributed by atoms with Gasteiger partial charge >= 0.3 is 12.1 Å². The van der Waals surface area contributed by atoms with Crippen molar-refractivity contribution in [1.82, 2.24) is 20.9 Å². The van der Waals surface area contributed by atoms with Crippen molar-refractivity contribution in [3.8, 4) is 0 Å². The number of carbonyl (C=O) groups is 4. The van der Waals surface area contributed by atoms with Gasteiger partial charge in [-0.2, -0.15) is 0 Å². The van der Waals surface area contributed by atoms with Crippen molar-refractivity contribution in [1.29, 1.82) is 0 Å². The molecule has 1 heterocycles. The summed E-state index contributed by atoms with van der Waals surface area (Å²) in [4.78, 5) is 50.0. The van der Waals surface area contributed by atoms with E-state index in [-0.39, 0.29) is 12.5 Å². The van der Waals surface area contributed by atoms with Crippen LogP contribution in [0.5, 0.6) is 0 Å². The predicted molar refractivity (Wildman–Crippen MR) is 102 cm³/mol. The van der Waals surface area contributed by atoms with Gasteiger partial charge in [-0.3, -0.25) is 19.8 Å². The molecule has 1 aliphatic carbocycles. The minimum atomic E-state index is -0.890. The van der Waals surface area contributed by atoms with Crippen molar-refractivity contribution < 1.29 is 19.2 Å². The molecule has 3 N–H and O–H groups in total. The highest BCUT2D eigenvalue weighted by atomic mass is 16.2. The summed E-state index contributed by atoms with van der Waals surface area (Å²) in [5, 5.41) is 7.51. The van der Waals surface area contributed by atoms with Crippen LogP contribution in [0.15, 0.2) is 30.3 Å². The molecule has 1 saturated carbocycles. The molecule has 6 amide bonds. The first-order valence-electron chi connectivity index (χ1n) is 9.69. The minimum Gasteiger partial charge on any atom is -0.334 e. The minimum absolute atomic E-state index is 0.269. The number of hydrogen-bond donors (Lipinski definition) is 3. The van der Waals surface area contributed by atoms with Crippen LogP contribution in [0.1, 0.15) is 44.6 Å². The van der Waals surface area contributed by atoms with Gasteiger partial charge in [-0.1, -0.05) is 43.7 Å². The Hall–Kier alpha value is -2.90. The Bertz CT molecular complexity index is 757. The Balaban J connectivity index is 1.50. The summed E-state index contributed by atoms with van der Waals surface area (Å²) in [5.74, 6) is -0.499. The van der Waals surface area contributed by atoms with Crippen LogP contribution < -0.4 is 16.0 Å². The number of benzene rings is 1. The van der Waals surface area contributed by atoms with Crippen molar-refractivity contribution in [2.45, 2.75) is 51.1 Å². The second-order valence-corrected chi connectivity index (χ2v) is 7.47. The summed E-state index contributed by atoms with van der Waals surface area (Å²) in [6.07, 6.45) is 3.99. The molecule has 28 heavy (non-hydrogen) atoms. The van der Waals surface area contributed by atoms with Crippen molar-refractivity contribution in [2.24, 2.45) is 5.92 Å². The Morgan fingerprint density at radius 3 is 2.50 bits per heavy atom. The van der Waals surface area contributed by atoms with Gasteiger partial charge < -0.3 is 10.6 Å². The van der Waals surface area contributed by atoms with E-state index in [0.717, 1.165) is 29.7 Å². The van der Waals surface area contributed by atoms with Crippen LogP contribution >= 0.6 is 0 Å². The van der Waals surface area contributed by atoms with Crippen LogP contribution in [-0.4, -0.2) is 40.9 Å². The third-order valence-electron chi connectivity index (χ3n) is 5.63. The maximum Gasteiger partial charge on any atom is 0.325 e. The molecular formula is C20H26N4O4. The van der Waals surface area contributed by atoms with Crippen LogP contribution in [0, 0.1) is 5.92 Å². The van der Waals surface area contributed by atoms with E-state index in [4.69, 9.17) is 0 Å². The number of hydrogen-bond acceptors (Lipinski definition) is 4. The fraction of sp³-hybridized carbons (Fsp3) is 0.500. The molecule has 8 heteroatoms. The molecule has 8 nitrogen and oxygen atoms in total. The number of rotatable bonds is 5. The fourth-order valence-electron chi connectivity index (χ4n) is 3.87. The van der Waals surface area contributed by atoms with E-state index >= 15 is 0 Å². The Labute approximate surface area is 164 Å². The van der Waals surface area contributed by atoms with Gasteiger partial charge in [0.25, 0.3) is 5.91 Å². The van der Waals surface area contributed by atoms with Gasteiger partial charge in [0.2, 0.25) is 5.91 Å². The Morgan fingerprint density at radius 2 is 1.86 bits per heavy atom. The molecule has 1 spiro atoms. The third-order valence-corrected chi connectivity index (χ3v) is 5.63. The van der Waals surface area contributed by atoms with Gasteiger partial charge in [0.15, 0.2) is 0 Å². The fourth-order valence-corrected chi connectivity index (χ4v) is 3.87. The normalized spacial score (nSPS) is 24.2. The van der Waals surface area contributed by atoms with Crippen LogP contribution in [0.2, 0.25) is 0 Å². The molecule has 3 rings (SSSR count). The Morgan fingerprint density at radius 1 is 1.18 bits per heavy atom. The van der Waals surface area contributed by atoms with Gasteiger partial charge in [-0.05, 0) is 37.2 Å². The molecule has 0 radical (unpaired) electrons. The zero-order valence-electron chi connectivity index (χ0n) is 16.0. The summed E-state index contributed by atoms with van der Waals surface area (Å²) in [7, 11) is 0. The molecule has 1 aliphatic heterocycles. The smallest absolute Gasteiger partial charge is 0.325 e. The first kappa shape index (κ1) is 19.9. The number of amides is 6. The molecule has 150 valence electrons. The summed E-state index contributed by atoms with van der Waals surface area (Å²) in [6.45, 7) is 1.92. The standard InChI is InChI=1S/C20H26N4O4/c1-2-14-8-10-20(11-9-14)17(26)24(19(28)23-20)13-16(25)22-18(27)21-12-15-6-4-3-5-7-15/h3-7,14H,2,8-13H2,1H3,(H,23,28)(H2,21,22,25,27). The zero-order valence-corrected chi connectivity index (χ0v) is 16.0. The van der Waals surface area contributed by atoms with Crippen LogP contribution in [0.25, 0.3) is 0 Å². The second kappa shape index (κ2) is 8.41. The second-order valence-electron chi connectivity index (χ2n) is 7.47. The molecule has 1 aromatic rings. The van der Waals surface area contributed by atoms with E-state index < -0.39 is 30.1 Å². The number of nitrogens with zero attached hydrogens (tertiary/aromatic N) is 1. The van der Waals surface area contributed by atoms with E-state index in [9.17, 15) is 19.2 Å². The van der Waals surface area contributed by atoms with Crippen LogP contribution in [0.3, 0.4) is 0 Å². The van der Waals surface area contributed by atoms with Crippen molar-refractivity contribution in [3.05, 3.63) is 35.9 Å². The van der Waals surface area contributed by atoms with Crippen molar-refractivity contribution in [3.63, 3.8) is 0 Å². The average molecular weight is 386 g/mol. The number of carbonyl (C=O) groups excluding carboxylic acids is 4. The topological polar surface area (TPSA) is 108 Å². The molecule has 2 aliphatic rings. The monoisotopic (exact) mass is 386 g/mol. The quantitative estimate of drug-likeness (QED) is 0.672. The first-order chi connectivity index (χ1) is 13.4. The molecule has 1 aromatic carbocycles. The van der Waals surface area contributed by atoms with E-state index in [1.165, 1.54) is 0 Å². The SMILES string of the molecule is CCC1CCC2(CC1)NC(=O)N(CC(=O)NC(=O)NCc1ccccc1)C2=O. The van der Waals surface area contributed by atoms with Crippen LogP contribution in [-0.2, 0) is 16.1 Å². The molecule has 0 unspecified atom stereocenters. The third kappa shape index (κ3) is 4.32. The predicted octanol–water partition coefficient (Wildman–Crippen LogP) is 1.90. The maximum absolute atomic E-state index is 12.8. The van der Waals surface area contributed by atoms with Crippen molar-refractivity contribution >= 4 is 23.9 Å². The van der Waals surface area contributed by atoms with Gasteiger partial charge in [0.05, 0.1) is 0 Å². The van der Waals surface area contributed by atoms with E-state index in [0.29, 0.717) is 18.8 Å². The number of urea groups is 2. The molecular weight excluding hydrogens is 360 g/mol. The maximum atomic E-state index is 12.8. The van der Waals surface area contributed by atoms with Gasteiger partial charge in [0.1, 0.15) is 12.1 Å². The summed E-state index contributed by atoms with van der Waals surface area (Å²) in [5.41, 5.74) is 0.00215. The van der Waals surface area contributed by atoms with E-state index in [2.05, 4.69) is 22.9 Å². The highest BCUT2D eigenvalue weighted by molar-refractivity contribution is 6.10. The lowest BCUT2D eigenvalue weighted by Gasteiger charge is -2.34. The Kier molecular flexibility index (Phi) is 5.96. The van der Waals surface area contributed by atoms with Crippen molar-refractivity contribution in [2.75, 3.05) is 6.54 Å². The molecule has 0 bridgehead atoms. The van der Waals surface area contributed by atoms with E-state index in [1.807, 2.05) is 30.3 Å². The first-order valence-corrected chi connectivity index (χ1v) is 9.69.